The monoisotopic (exact) mass is 431 g/mol. The van der Waals surface area contributed by atoms with Crippen LogP contribution in [0.4, 0.5) is 0 Å². The van der Waals surface area contributed by atoms with E-state index in [4.69, 9.17) is 16.3 Å². The van der Waals surface area contributed by atoms with Crippen LogP contribution in [0.3, 0.4) is 0 Å². The van der Waals surface area contributed by atoms with Crippen molar-refractivity contribution in [3.63, 3.8) is 0 Å². The number of ether oxygens (including phenoxy) is 1. The van der Waals surface area contributed by atoms with E-state index in [0.29, 0.717) is 11.6 Å². The number of carbonyl (C=O) groups excluding carboxylic acids is 1. The SMILES string of the molecule is C[C@@H]1CN(C(C)(C)CNC(=O)CN(C)S(=O)(=O)c2ccc(Cl)cc2)C[C@H](C)O1. The number of halogens is 1. The van der Waals surface area contributed by atoms with Crippen molar-refractivity contribution in [2.24, 2.45) is 0 Å². The van der Waals surface area contributed by atoms with Crippen LogP contribution in [0.15, 0.2) is 29.2 Å². The molecule has 2 rings (SSSR count). The molecule has 158 valence electrons. The van der Waals surface area contributed by atoms with E-state index in [0.717, 1.165) is 17.4 Å². The van der Waals surface area contributed by atoms with Gasteiger partial charge in [-0.25, -0.2) is 8.42 Å². The van der Waals surface area contributed by atoms with Crippen molar-refractivity contribution in [3.05, 3.63) is 29.3 Å². The molecule has 0 bridgehead atoms. The fraction of sp³-hybridized carbons (Fsp3) is 0.632. The number of morpholine rings is 1. The molecule has 1 aliphatic rings. The van der Waals surface area contributed by atoms with Crippen LogP contribution in [0.1, 0.15) is 27.7 Å². The van der Waals surface area contributed by atoms with Crippen molar-refractivity contribution in [1.82, 2.24) is 14.5 Å². The third-order valence-corrected chi connectivity index (χ3v) is 6.95. The zero-order valence-corrected chi connectivity index (χ0v) is 18.7. The van der Waals surface area contributed by atoms with Gasteiger partial charge in [-0.05, 0) is 52.0 Å². The van der Waals surface area contributed by atoms with Crippen LogP contribution in [-0.4, -0.2) is 74.5 Å². The molecule has 1 fully saturated rings. The van der Waals surface area contributed by atoms with E-state index in [2.05, 4.69) is 24.1 Å². The number of hydrogen-bond donors (Lipinski definition) is 1. The third-order valence-electron chi connectivity index (χ3n) is 4.88. The van der Waals surface area contributed by atoms with E-state index in [-0.39, 0.29) is 35.1 Å². The Labute approximate surface area is 173 Å². The molecule has 1 aromatic rings. The minimum Gasteiger partial charge on any atom is -0.373 e. The van der Waals surface area contributed by atoms with Crippen LogP contribution in [0.5, 0.6) is 0 Å². The molecule has 1 heterocycles. The Morgan fingerprint density at radius 2 is 1.79 bits per heavy atom. The summed E-state index contributed by atoms with van der Waals surface area (Å²) in [7, 11) is -2.36. The Hall–Kier alpha value is -1.19. The van der Waals surface area contributed by atoms with Crippen molar-refractivity contribution in [2.45, 2.75) is 50.3 Å². The van der Waals surface area contributed by atoms with Crippen molar-refractivity contribution >= 4 is 27.5 Å². The van der Waals surface area contributed by atoms with E-state index >= 15 is 0 Å². The van der Waals surface area contributed by atoms with Gasteiger partial charge >= 0.3 is 0 Å². The molecule has 1 N–H and O–H groups in total. The molecular weight excluding hydrogens is 402 g/mol. The Kier molecular flexibility index (Phi) is 7.50. The van der Waals surface area contributed by atoms with Crippen LogP contribution >= 0.6 is 11.6 Å². The molecule has 0 saturated carbocycles. The number of nitrogens with one attached hydrogen (secondary N) is 1. The molecule has 0 aromatic heterocycles. The van der Waals surface area contributed by atoms with Crippen LogP contribution in [0, 0.1) is 0 Å². The minimum atomic E-state index is -3.75. The van der Waals surface area contributed by atoms with E-state index in [1.165, 1.54) is 31.3 Å². The van der Waals surface area contributed by atoms with Gasteiger partial charge in [0.25, 0.3) is 0 Å². The van der Waals surface area contributed by atoms with Gasteiger partial charge in [0, 0.05) is 37.2 Å². The standard InChI is InChI=1S/C19H30ClN3O4S/c1-14-10-23(11-15(2)27-14)19(3,4)13-21-18(24)12-22(5)28(25,26)17-8-6-16(20)7-9-17/h6-9,14-15H,10-13H2,1-5H3,(H,21,24)/t14-,15+. The molecule has 0 unspecified atom stereocenters. The highest BCUT2D eigenvalue weighted by molar-refractivity contribution is 7.89. The molecule has 1 aliphatic heterocycles. The number of hydrogen-bond acceptors (Lipinski definition) is 5. The predicted octanol–water partition coefficient (Wildman–Crippen LogP) is 1.96. The Balaban J connectivity index is 1.93. The lowest BCUT2D eigenvalue weighted by atomic mass is 10.00. The number of benzene rings is 1. The van der Waals surface area contributed by atoms with Crippen LogP contribution < -0.4 is 5.32 Å². The first kappa shape index (κ1) is 23.1. The average Bonchev–Trinajstić information content (AvgIpc) is 2.59. The number of amides is 1. The molecule has 1 amide bonds. The lowest BCUT2D eigenvalue weighted by Crippen LogP contribution is -2.59. The molecule has 0 spiro atoms. The number of rotatable bonds is 7. The Morgan fingerprint density at radius 3 is 2.32 bits per heavy atom. The second-order valence-electron chi connectivity index (χ2n) is 7.97. The first-order valence-electron chi connectivity index (χ1n) is 9.31. The number of sulfonamides is 1. The molecule has 9 heteroatoms. The van der Waals surface area contributed by atoms with Crippen LogP contribution in [0.2, 0.25) is 5.02 Å². The highest BCUT2D eigenvalue weighted by atomic mass is 35.5. The molecule has 0 radical (unpaired) electrons. The van der Waals surface area contributed by atoms with Gasteiger partial charge in [-0.3, -0.25) is 9.69 Å². The van der Waals surface area contributed by atoms with E-state index in [1.54, 1.807) is 0 Å². The largest absolute Gasteiger partial charge is 0.373 e. The van der Waals surface area contributed by atoms with Crippen molar-refractivity contribution in [2.75, 3.05) is 33.2 Å². The topological polar surface area (TPSA) is 79.0 Å². The molecule has 0 aliphatic carbocycles. The average molecular weight is 432 g/mol. The van der Waals surface area contributed by atoms with Gasteiger partial charge in [0.15, 0.2) is 0 Å². The lowest BCUT2D eigenvalue weighted by Gasteiger charge is -2.45. The lowest BCUT2D eigenvalue weighted by molar-refractivity contribution is -0.123. The summed E-state index contributed by atoms with van der Waals surface area (Å²) in [6.07, 6.45) is 0.267. The van der Waals surface area contributed by atoms with Crippen molar-refractivity contribution in [1.29, 1.82) is 0 Å². The molecule has 1 saturated heterocycles. The summed E-state index contributed by atoms with van der Waals surface area (Å²) < 4.78 is 32.0. The van der Waals surface area contributed by atoms with Gasteiger partial charge in [-0.2, -0.15) is 4.31 Å². The number of carbonyl (C=O) groups is 1. The maximum absolute atomic E-state index is 12.6. The first-order valence-corrected chi connectivity index (χ1v) is 11.1. The second-order valence-corrected chi connectivity index (χ2v) is 10.4. The maximum atomic E-state index is 12.6. The van der Waals surface area contributed by atoms with Gasteiger partial charge in [0.2, 0.25) is 15.9 Å². The summed E-state index contributed by atoms with van der Waals surface area (Å²) in [6.45, 7) is 9.94. The summed E-state index contributed by atoms with van der Waals surface area (Å²) in [4.78, 5) is 14.8. The zero-order valence-electron chi connectivity index (χ0n) is 17.1. The van der Waals surface area contributed by atoms with E-state index in [1.807, 2.05) is 13.8 Å². The Bertz CT molecular complexity index is 773. The molecule has 28 heavy (non-hydrogen) atoms. The van der Waals surface area contributed by atoms with Gasteiger partial charge < -0.3 is 10.1 Å². The fourth-order valence-electron chi connectivity index (χ4n) is 3.23. The summed E-state index contributed by atoms with van der Waals surface area (Å²) in [5.41, 5.74) is -0.268. The highest BCUT2D eigenvalue weighted by Crippen LogP contribution is 2.21. The number of likely N-dealkylation sites (N-methyl/N-ethyl adjacent to an activating group) is 1. The summed E-state index contributed by atoms with van der Waals surface area (Å²) in [5, 5.41) is 3.32. The third kappa shape index (κ3) is 5.90. The molecule has 2 atom stereocenters. The van der Waals surface area contributed by atoms with Crippen molar-refractivity contribution in [3.8, 4) is 0 Å². The van der Waals surface area contributed by atoms with Crippen LogP contribution in [-0.2, 0) is 19.6 Å². The molecular formula is C19H30ClN3O4S. The maximum Gasteiger partial charge on any atom is 0.243 e. The fourth-order valence-corrected chi connectivity index (χ4v) is 4.48. The summed E-state index contributed by atoms with van der Waals surface area (Å²) in [5.74, 6) is -0.345. The normalized spacial score (nSPS) is 21.7. The molecule has 7 nitrogen and oxygen atoms in total. The Morgan fingerprint density at radius 1 is 1.25 bits per heavy atom. The first-order chi connectivity index (χ1) is 12.9. The molecule has 1 aromatic carbocycles. The van der Waals surface area contributed by atoms with Crippen molar-refractivity contribution < 1.29 is 17.9 Å². The zero-order chi connectivity index (χ0) is 21.1. The smallest absolute Gasteiger partial charge is 0.243 e. The van der Waals surface area contributed by atoms with Gasteiger partial charge in [-0.1, -0.05) is 11.6 Å². The minimum absolute atomic E-state index is 0.101. The predicted molar refractivity (Wildman–Crippen MR) is 110 cm³/mol. The van der Waals surface area contributed by atoms with Gasteiger partial charge in [-0.15, -0.1) is 0 Å². The second kappa shape index (κ2) is 9.09. The quantitative estimate of drug-likeness (QED) is 0.714. The summed E-state index contributed by atoms with van der Waals surface area (Å²) >= 11 is 5.81. The number of nitrogens with zero attached hydrogens (tertiary/aromatic N) is 2. The van der Waals surface area contributed by atoms with E-state index < -0.39 is 10.0 Å². The summed E-state index contributed by atoms with van der Waals surface area (Å²) in [6, 6.07) is 5.87. The van der Waals surface area contributed by atoms with E-state index in [9.17, 15) is 13.2 Å². The highest BCUT2D eigenvalue weighted by Gasteiger charge is 2.33. The van der Waals surface area contributed by atoms with Crippen LogP contribution in [0.25, 0.3) is 0 Å². The van der Waals surface area contributed by atoms with Gasteiger partial charge in [0.1, 0.15) is 0 Å². The van der Waals surface area contributed by atoms with Gasteiger partial charge in [0.05, 0.1) is 23.6 Å².